The Morgan fingerprint density at radius 2 is 1.79 bits per heavy atom. The highest BCUT2D eigenvalue weighted by molar-refractivity contribution is 9.10. The Hall–Kier alpha value is -3.23. The minimum absolute atomic E-state index is 0.336. The summed E-state index contributed by atoms with van der Waals surface area (Å²) in [6.45, 7) is 2.70. The number of hydrazone groups is 1. The molecule has 1 N–H and O–H groups in total. The average Bonchev–Trinajstić information content (AvgIpc) is 2.84. The molecule has 0 bridgehead atoms. The van der Waals surface area contributed by atoms with Crippen LogP contribution in [-0.2, 0) is 6.61 Å². The fraction of sp³-hybridized carbons (Fsp3) is 0.200. The Bertz CT molecular complexity index is 1170. The molecule has 0 saturated carbocycles. The molecule has 1 amide bonds. The van der Waals surface area contributed by atoms with Crippen LogP contribution >= 0.6 is 27.5 Å². The minimum atomic E-state index is -0.414. The van der Waals surface area contributed by atoms with Crippen molar-refractivity contribution in [3.05, 3.63) is 80.8 Å². The van der Waals surface area contributed by atoms with Gasteiger partial charge in [0.05, 0.1) is 37.1 Å². The quantitative estimate of drug-likeness (QED) is 0.254. The first-order valence-corrected chi connectivity index (χ1v) is 11.5. The molecule has 9 heteroatoms. The second-order valence-corrected chi connectivity index (χ2v) is 8.23. The number of amides is 1. The van der Waals surface area contributed by atoms with E-state index in [1.54, 1.807) is 31.4 Å². The molecule has 0 heterocycles. The fourth-order valence-corrected chi connectivity index (χ4v) is 3.71. The average molecular weight is 548 g/mol. The third-order valence-corrected chi connectivity index (χ3v) is 5.50. The Kier molecular flexibility index (Phi) is 9.18. The number of halogens is 2. The van der Waals surface area contributed by atoms with Gasteiger partial charge in [-0.15, -0.1) is 0 Å². The van der Waals surface area contributed by atoms with Crippen molar-refractivity contribution < 1.29 is 23.7 Å². The molecule has 0 aliphatic rings. The molecule has 3 aromatic rings. The summed E-state index contributed by atoms with van der Waals surface area (Å²) in [5.74, 6) is 1.68. The summed E-state index contributed by atoms with van der Waals surface area (Å²) in [6, 6.07) is 16.0. The van der Waals surface area contributed by atoms with Gasteiger partial charge >= 0.3 is 0 Å². The highest BCUT2D eigenvalue weighted by Gasteiger charge is 2.14. The van der Waals surface area contributed by atoms with Gasteiger partial charge in [0.25, 0.3) is 5.91 Å². The smallest absolute Gasteiger partial charge is 0.275 e. The standard InChI is InChI=1S/C25H24BrClN2O5/c1-4-33-23-12-17(11-21(26)24(23)34-15-16-5-7-18(27)8-6-16)14-28-29-25(30)20-10-9-19(31-2)13-22(20)32-3/h5-14H,4,15H2,1-3H3,(H,29,30)/b28-14-. The van der Waals surface area contributed by atoms with Crippen molar-refractivity contribution in [2.24, 2.45) is 5.10 Å². The van der Waals surface area contributed by atoms with E-state index in [-0.39, 0.29) is 0 Å². The highest BCUT2D eigenvalue weighted by Crippen LogP contribution is 2.37. The molecule has 0 aliphatic carbocycles. The van der Waals surface area contributed by atoms with Crippen LogP contribution in [0.4, 0.5) is 0 Å². The van der Waals surface area contributed by atoms with Gasteiger partial charge in [-0.3, -0.25) is 4.79 Å². The number of ether oxygens (including phenoxy) is 4. The van der Waals surface area contributed by atoms with E-state index in [2.05, 4.69) is 26.5 Å². The molecule has 0 atom stereocenters. The van der Waals surface area contributed by atoms with Gasteiger partial charge in [-0.1, -0.05) is 23.7 Å². The maximum absolute atomic E-state index is 12.5. The summed E-state index contributed by atoms with van der Waals surface area (Å²) in [4.78, 5) is 12.5. The van der Waals surface area contributed by atoms with Crippen molar-refractivity contribution in [3.8, 4) is 23.0 Å². The number of hydrogen-bond acceptors (Lipinski definition) is 6. The Balaban J connectivity index is 1.73. The summed E-state index contributed by atoms with van der Waals surface area (Å²) < 4.78 is 22.9. The van der Waals surface area contributed by atoms with Crippen LogP contribution in [0, 0.1) is 0 Å². The first-order valence-electron chi connectivity index (χ1n) is 10.3. The van der Waals surface area contributed by atoms with E-state index < -0.39 is 5.91 Å². The van der Waals surface area contributed by atoms with E-state index in [4.69, 9.17) is 30.5 Å². The van der Waals surface area contributed by atoms with Crippen LogP contribution in [0.2, 0.25) is 5.02 Å². The maximum Gasteiger partial charge on any atom is 0.275 e. The van der Waals surface area contributed by atoms with E-state index in [1.807, 2.05) is 37.3 Å². The molecule has 0 aliphatic heterocycles. The number of hydrogen-bond donors (Lipinski definition) is 1. The lowest BCUT2D eigenvalue weighted by molar-refractivity contribution is 0.0952. The number of carbonyl (C=O) groups is 1. The van der Waals surface area contributed by atoms with Gasteiger partial charge in [0.2, 0.25) is 0 Å². The summed E-state index contributed by atoms with van der Waals surface area (Å²) in [6.07, 6.45) is 1.52. The molecular formula is C25H24BrClN2O5. The van der Waals surface area contributed by atoms with E-state index in [1.165, 1.54) is 13.3 Å². The topological polar surface area (TPSA) is 78.4 Å². The highest BCUT2D eigenvalue weighted by atomic mass is 79.9. The van der Waals surface area contributed by atoms with Gasteiger partial charge in [-0.25, -0.2) is 5.43 Å². The van der Waals surface area contributed by atoms with Gasteiger partial charge < -0.3 is 18.9 Å². The minimum Gasteiger partial charge on any atom is -0.497 e. The molecule has 3 aromatic carbocycles. The number of rotatable bonds is 10. The van der Waals surface area contributed by atoms with Crippen molar-refractivity contribution in [2.75, 3.05) is 20.8 Å². The van der Waals surface area contributed by atoms with Crippen LogP contribution in [0.1, 0.15) is 28.4 Å². The SMILES string of the molecule is CCOc1cc(/C=N\NC(=O)c2ccc(OC)cc2OC)cc(Br)c1OCc1ccc(Cl)cc1. The molecule has 178 valence electrons. The van der Waals surface area contributed by atoms with Crippen LogP contribution in [0.15, 0.2) is 64.2 Å². The van der Waals surface area contributed by atoms with Crippen molar-refractivity contribution >= 4 is 39.7 Å². The summed E-state index contributed by atoms with van der Waals surface area (Å²) in [5.41, 5.74) is 4.52. The van der Waals surface area contributed by atoms with Gasteiger partial charge in [-0.05, 0) is 70.4 Å². The molecule has 0 unspecified atom stereocenters. The predicted octanol–water partition coefficient (Wildman–Crippen LogP) is 5.86. The molecule has 3 rings (SSSR count). The lowest BCUT2D eigenvalue weighted by atomic mass is 10.2. The monoisotopic (exact) mass is 546 g/mol. The third kappa shape index (κ3) is 6.65. The number of methoxy groups -OCH3 is 2. The van der Waals surface area contributed by atoms with Crippen molar-refractivity contribution in [1.29, 1.82) is 0 Å². The first-order chi connectivity index (χ1) is 16.4. The zero-order valence-electron chi connectivity index (χ0n) is 18.9. The Labute approximate surface area is 211 Å². The van der Waals surface area contributed by atoms with E-state index in [9.17, 15) is 4.79 Å². The van der Waals surface area contributed by atoms with Gasteiger partial charge in [0, 0.05) is 11.1 Å². The molecule has 0 spiro atoms. The molecule has 0 aromatic heterocycles. The van der Waals surface area contributed by atoms with Crippen molar-refractivity contribution in [2.45, 2.75) is 13.5 Å². The van der Waals surface area contributed by atoms with E-state index in [0.29, 0.717) is 56.8 Å². The number of benzene rings is 3. The zero-order chi connectivity index (χ0) is 24.5. The van der Waals surface area contributed by atoms with Crippen LogP contribution in [0.25, 0.3) is 0 Å². The largest absolute Gasteiger partial charge is 0.497 e. The second kappa shape index (κ2) is 12.3. The Morgan fingerprint density at radius 3 is 2.47 bits per heavy atom. The first kappa shape index (κ1) is 25.4. The Morgan fingerprint density at radius 1 is 1.03 bits per heavy atom. The molecule has 0 saturated heterocycles. The van der Waals surface area contributed by atoms with Gasteiger partial charge in [-0.2, -0.15) is 5.10 Å². The summed E-state index contributed by atoms with van der Waals surface area (Å²) in [5, 5.41) is 4.74. The predicted molar refractivity (Wildman–Crippen MR) is 136 cm³/mol. The lowest BCUT2D eigenvalue weighted by Gasteiger charge is -2.15. The lowest BCUT2D eigenvalue weighted by Crippen LogP contribution is -2.18. The van der Waals surface area contributed by atoms with Crippen LogP contribution in [0.5, 0.6) is 23.0 Å². The number of nitrogens with one attached hydrogen (secondary N) is 1. The van der Waals surface area contributed by atoms with Crippen molar-refractivity contribution in [1.82, 2.24) is 5.43 Å². The van der Waals surface area contributed by atoms with Gasteiger partial charge in [0.15, 0.2) is 11.5 Å². The van der Waals surface area contributed by atoms with Crippen LogP contribution in [0.3, 0.4) is 0 Å². The third-order valence-electron chi connectivity index (χ3n) is 4.66. The number of carbonyl (C=O) groups excluding carboxylic acids is 1. The molecule has 0 radical (unpaired) electrons. The van der Waals surface area contributed by atoms with Gasteiger partial charge in [0.1, 0.15) is 18.1 Å². The molecular weight excluding hydrogens is 524 g/mol. The van der Waals surface area contributed by atoms with E-state index in [0.717, 1.165) is 5.56 Å². The molecule has 0 fully saturated rings. The summed E-state index contributed by atoms with van der Waals surface area (Å²) >= 11 is 9.48. The van der Waals surface area contributed by atoms with Crippen LogP contribution < -0.4 is 24.4 Å². The van der Waals surface area contributed by atoms with Crippen LogP contribution in [-0.4, -0.2) is 32.9 Å². The molecule has 7 nitrogen and oxygen atoms in total. The number of nitrogens with zero attached hydrogens (tertiary/aromatic N) is 1. The fourth-order valence-electron chi connectivity index (χ4n) is 3.01. The maximum atomic E-state index is 12.5. The summed E-state index contributed by atoms with van der Waals surface area (Å²) in [7, 11) is 3.03. The zero-order valence-corrected chi connectivity index (χ0v) is 21.3. The molecule has 34 heavy (non-hydrogen) atoms. The van der Waals surface area contributed by atoms with E-state index >= 15 is 0 Å². The second-order valence-electron chi connectivity index (χ2n) is 6.94. The van der Waals surface area contributed by atoms with Crippen molar-refractivity contribution in [3.63, 3.8) is 0 Å². The normalized spacial score (nSPS) is 10.7.